The van der Waals surface area contributed by atoms with Crippen LogP contribution < -0.4 is 0 Å². The smallest absolute Gasteiger partial charge is 0.303 e. The fourth-order valence-corrected chi connectivity index (χ4v) is 2.92. The number of carbonyl (C=O) groups is 1. The molecule has 0 unspecified atom stereocenters. The van der Waals surface area contributed by atoms with Crippen LogP contribution in [0.4, 0.5) is 0 Å². The quantitative estimate of drug-likeness (QED) is 0.835. The molecular weight excluding hydrogens is 288 g/mol. The van der Waals surface area contributed by atoms with Crippen molar-refractivity contribution in [2.45, 2.75) is 25.7 Å². The third-order valence-electron chi connectivity index (χ3n) is 1.76. The molecule has 0 amide bonds. The first kappa shape index (κ1) is 12.0. The molecule has 1 aromatic rings. The van der Waals surface area contributed by atoms with Crippen molar-refractivity contribution in [1.82, 2.24) is 0 Å². The zero-order valence-corrected chi connectivity index (χ0v) is 10.6. The fraction of sp³-hybridized carbons (Fsp3) is 0.444. The Morgan fingerprint density at radius 1 is 1.57 bits per heavy atom. The molecule has 1 aromatic heterocycles. The van der Waals surface area contributed by atoms with Gasteiger partial charge < -0.3 is 5.11 Å². The average Bonchev–Trinajstić information content (AvgIpc) is 2.40. The van der Waals surface area contributed by atoms with Gasteiger partial charge in [-0.3, -0.25) is 4.79 Å². The van der Waals surface area contributed by atoms with E-state index in [4.69, 9.17) is 16.7 Å². The second-order valence-corrected chi connectivity index (χ2v) is 5.53. The maximum atomic E-state index is 10.2. The molecular formula is C9H10BrClO2S. The van der Waals surface area contributed by atoms with Gasteiger partial charge in [-0.15, -0.1) is 11.3 Å². The molecule has 0 atom stereocenters. The summed E-state index contributed by atoms with van der Waals surface area (Å²) in [6.45, 7) is 0. The Kier molecular flexibility index (Phi) is 4.92. The summed E-state index contributed by atoms with van der Waals surface area (Å²) in [4.78, 5) is 11.4. The van der Waals surface area contributed by atoms with E-state index in [1.54, 1.807) is 11.3 Å². The topological polar surface area (TPSA) is 37.3 Å². The maximum absolute atomic E-state index is 10.2. The van der Waals surface area contributed by atoms with Crippen molar-refractivity contribution in [2.24, 2.45) is 0 Å². The lowest BCUT2D eigenvalue weighted by molar-refractivity contribution is -0.137. The van der Waals surface area contributed by atoms with Crippen LogP contribution >= 0.6 is 38.9 Å². The second kappa shape index (κ2) is 5.73. The van der Waals surface area contributed by atoms with Gasteiger partial charge in [-0.2, -0.15) is 0 Å². The molecule has 0 aliphatic carbocycles. The molecule has 1 N–H and O–H groups in total. The summed E-state index contributed by atoms with van der Waals surface area (Å²) in [5.41, 5.74) is 0. The summed E-state index contributed by atoms with van der Waals surface area (Å²) in [5, 5.41) is 8.43. The van der Waals surface area contributed by atoms with E-state index in [2.05, 4.69) is 15.9 Å². The molecule has 0 aromatic carbocycles. The standard InChI is InChI=1S/C9H10BrClO2S/c10-7-5-6(14-9(7)11)3-1-2-4-8(12)13/h5H,1-4H2,(H,12,13). The number of aliphatic carboxylic acids is 1. The number of hydrogen-bond acceptors (Lipinski definition) is 2. The molecule has 0 spiro atoms. The van der Waals surface area contributed by atoms with E-state index in [1.165, 1.54) is 4.88 Å². The SMILES string of the molecule is O=C(O)CCCCc1cc(Br)c(Cl)s1. The van der Waals surface area contributed by atoms with Crippen LogP contribution in [0.2, 0.25) is 4.34 Å². The number of aryl methyl sites for hydroxylation is 1. The first-order valence-corrected chi connectivity index (χ1v) is 6.24. The lowest BCUT2D eigenvalue weighted by Gasteiger charge is -1.95. The van der Waals surface area contributed by atoms with Crippen LogP contribution in [0.25, 0.3) is 0 Å². The maximum Gasteiger partial charge on any atom is 0.303 e. The van der Waals surface area contributed by atoms with Crippen molar-refractivity contribution in [1.29, 1.82) is 0 Å². The number of carboxylic acid groups (broad SMARTS) is 1. The highest BCUT2D eigenvalue weighted by Gasteiger charge is 2.04. The first-order valence-electron chi connectivity index (χ1n) is 4.25. The molecule has 1 rings (SSSR count). The van der Waals surface area contributed by atoms with Gasteiger partial charge >= 0.3 is 5.97 Å². The van der Waals surface area contributed by atoms with Crippen molar-refractivity contribution in [3.63, 3.8) is 0 Å². The van der Waals surface area contributed by atoms with Crippen molar-refractivity contribution in [2.75, 3.05) is 0 Å². The molecule has 78 valence electrons. The fourth-order valence-electron chi connectivity index (χ4n) is 1.09. The lowest BCUT2D eigenvalue weighted by atomic mass is 10.2. The molecule has 1 heterocycles. The number of rotatable bonds is 5. The van der Waals surface area contributed by atoms with Crippen LogP contribution in [0, 0.1) is 0 Å². The van der Waals surface area contributed by atoms with E-state index in [0.717, 1.165) is 28.1 Å². The van der Waals surface area contributed by atoms with E-state index < -0.39 is 5.97 Å². The third kappa shape index (κ3) is 3.98. The molecule has 14 heavy (non-hydrogen) atoms. The Balaban J connectivity index is 2.28. The summed E-state index contributed by atoms with van der Waals surface area (Å²) in [6, 6.07) is 1.99. The number of thiophene rings is 1. The summed E-state index contributed by atoms with van der Waals surface area (Å²) >= 11 is 10.7. The van der Waals surface area contributed by atoms with Crippen molar-refractivity contribution < 1.29 is 9.90 Å². The van der Waals surface area contributed by atoms with Gasteiger partial charge in [0.2, 0.25) is 0 Å². The zero-order chi connectivity index (χ0) is 10.6. The predicted molar refractivity (Wildman–Crippen MR) is 62.2 cm³/mol. The number of unbranched alkanes of at least 4 members (excludes halogenated alkanes) is 1. The van der Waals surface area contributed by atoms with Crippen LogP contribution in [0.3, 0.4) is 0 Å². The Morgan fingerprint density at radius 2 is 2.29 bits per heavy atom. The van der Waals surface area contributed by atoms with Crippen molar-refractivity contribution >= 4 is 44.8 Å². The van der Waals surface area contributed by atoms with Crippen molar-refractivity contribution in [3.05, 3.63) is 19.8 Å². The minimum atomic E-state index is -0.726. The van der Waals surface area contributed by atoms with Gasteiger partial charge in [0.05, 0.1) is 0 Å². The molecule has 0 radical (unpaired) electrons. The second-order valence-electron chi connectivity index (χ2n) is 2.94. The van der Waals surface area contributed by atoms with Crippen LogP contribution in [0.1, 0.15) is 24.1 Å². The Labute approximate surface area is 100 Å². The first-order chi connectivity index (χ1) is 6.59. The minimum absolute atomic E-state index is 0.250. The number of hydrogen-bond donors (Lipinski definition) is 1. The highest BCUT2D eigenvalue weighted by Crippen LogP contribution is 2.32. The molecule has 0 aliphatic heterocycles. The van der Waals surface area contributed by atoms with Gasteiger partial charge in [-0.1, -0.05) is 11.6 Å². The van der Waals surface area contributed by atoms with Gasteiger partial charge in [-0.05, 0) is 41.3 Å². The summed E-state index contributed by atoms with van der Waals surface area (Å²) in [7, 11) is 0. The summed E-state index contributed by atoms with van der Waals surface area (Å²) < 4.78 is 1.69. The van der Waals surface area contributed by atoms with E-state index in [-0.39, 0.29) is 6.42 Å². The minimum Gasteiger partial charge on any atom is -0.481 e. The van der Waals surface area contributed by atoms with E-state index in [1.807, 2.05) is 6.07 Å². The van der Waals surface area contributed by atoms with Crippen LogP contribution in [0.5, 0.6) is 0 Å². The van der Waals surface area contributed by atoms with Gasteiger partial charge in [0.15, 0.2) is 0 Å². The molecule has 0 saturated carbocycles. The van der Waals surface area contributed by atoms with Gasteiger partial charge in [0, 0.05) is 15.8 Å². The van der Waals surface area contributed by atoms with Gasteiger partial charge in [-0.25, -0.2) is 0 Å². The number of halogens is 2. The van der Waals surface area contributed by atoms with Crippen molar-refractivity contribution in [3.8, 4) is 0 Å². The van der Waals surface area contributed by atoms with Crippen LogP contribution in [-0.2, 0) is 11.2 Å². The third-order valence-corrected chi connectivity index (χ3v) is 4.29. The molecule has 2 nitrogen and oxygen atoms in total. The zero-order valence-electron chi connectivity index (χ0n) is 7.43. The Bertz CT molecular complexity index is 305. The summed E-state index contributed by atoms with van der Waals surface area (Å²) in [6.07, 6.45) is 2.78. The largest absolute Gasteiger partial charge is 0.481 e. The van der Waals surface area contributed by atoms with Crippen LogP contribution in [0.15, 0.2) is 10.5 Å². The molecule has 5 heteroatoms. The van der Waals surface area contributed by atoms with E-state index in [9.17, 15) is 4.79 Å². The monoisotopic (exact) mass is 296 g/mol. The molecule has 0 fully saturated rings. The molecule has 0 saturated heterocycles. The Hall–Kier alpha value is -0.0600. The average molecular weight is 298 g/mol. The predicted octanol–water partition coefficient (Wildman–Crippen LogP) is 3.96. The van der Waals surface area contributed by atoms with E-state index >= 15 is 0 Å². The molecule has 0 aliphatic rings. The lowest BCUT2D eigenvalue weighted by Crippen LogP contribution is -1.94. The van der Waals surface area contributed by atoms with Crippen LogP contribution in [-0.4, -0.2) is 11.1 Å². The Morgan fingerprint density at radius 3 is 2.79 bits per heavy atom. The highest BCUT2D eigenvalue weighted by atomic mass is 79.9. The van der Waals surface area contributed by atoms with Gasteiger partial charge in [0.25, 0.3) is 0 Å². The summed E-state index contributed by atoms with van der Waals surface area (Å²) in [5.74, 6) is -0.726. The normalized spacial score (nSPS) is 10.4. The molecule has 0 bridgehead atoms. The number of carboxylic acids is 1. The van der Waals surface area contributed by atoms with E-state index in [0.29, 0.717) is 0 Å². The van der Waals surface area contributed by atoms with Gasteiger partial charge in [0.1, 0.15) is 4.34 Å². The highest BCUT2D eigenvalue weighted by molar-refractivity contribution is 9.10.